The third-order valence-corrected chi connectivity index (χ3v) is 5.58. The fourth-order valence-electron chi connectivity index (χ4n) is 1.62. The molecule has 0 radical (unpaired) electrons. The molecule has 1 N–H and O–H groups in total. The second-order valence-corrected chi connectivity index (χ2v) is 7.11. The van der Waals surface area contributed by atoms with Gasteiger partial charge in [-0.1, -0.05) is 18.2 Å². The predicted octanol–water partition coefficient (Wildman–Crippen LogP) is 0.539. The molecule has 0 aliphatic heterocycles. The van der Waals surface area contributed by atoms with Gasteiger partial charge < -0.3 is 9.66 Å². The highest BCUT2D eigenvalue weighted by molar-refractivity contribution is 7.99. The van der Waals surface area contributed by atoms with Gasteiger partial charge in [-0.2, -0.15) is 0 Å². The van der Waals surface area contributed by atoms with Crippen LogP contribution in [-0.2, 0) is 27.7 Å². The second kappa shape index (κ2) is 7.46. The molecule has 0 spiro atoms. The van der Waals surface area contributed by atoms with Gasteiger partial charge in [0.2, 0.25) is 10.0 Å². The van der Waals surface area contributed by atoms with E-state index in [-0.39, 0.29) is 18.5 Å². The topological polar surface area (TPSA) is 115 Å². The molecule has 0 saturated heterocycles. The molecule has 1 atom stereocenters. The largest absolute Gasteiger partial charge is 0.759 e. The van der Waals surface area contributed by atoms with E-state index in [2.05, 4.69) is 6.58 Å². The van der Waals surface area contributed by atoms with Crippen molar-refractivity contribution >= 4 is 27.3 Å². The van der Waals surface area contributed by atoms with Gasteiger partial charge in [-0.15, -0.1) is 10.3 Å². The summed E-state index contributed by atoms with van der Waals surface area (Å²) >= 11 is -2.93. The normalized spacial score (nSPS) is 13.0. The van der Waals surface area contributed by atoms with E-state index in [1.807, 2.05) is 0 Å². The Kier molecular flexibility index (Phi) is 6.21. The fraction of sp³-hybridized carbons (Fsp3) is 0.250. The van der Waals surface area contributed by atoms with E-state index in [1.165, 1.54) is 18.2 Å². The van der Waals surface area contributed by atoms with Gasteiger partial charge in [0.1, 0.15) is 0 Å². The zero-order chi connectivity index (χ0) is 16.0. The molecule has 116 valence electrons. The van der Waals surface area contributed by atoms with Gasteiger partial charge in [-0.05, 0) is 24.1 Å². The fourth-order valence-corrected chi connectivity index (χ4v) is 3.62. The van der Waals surface area contributed by atoms with Crippen molar-refractivity contribution in [3.05, 3.63) is 48.0 Å². The number of nitrogens with zero attached hydrogens (tertiary/aromatic N) is 1. The van der Waals surface area contributed by atoms with Crippen molar-refractivity contribution in [1.29, 1.82) is 0 Å². The minimum Gasteiger partial charge on any atom is -0.759 e. The highest BCUT2D eigenvalue weighted by Gasteiger charge is 2.21. The molecule has 1 unspecified atom stereocenters. The molecule has 1 aromatic rings. The Morgan fingerprint density at radius 3 is 2.67 bits per heavy atom. The van der Waals surface area contributed by atoms with Gasteiger partial charge in [0.05, 0.1) is 11.3 Å². The molecular formula is C12H14NO6S2-. The van der Waals surface area contributed by atoms with E-state index in [1.54, 1.807) is 6.07 Å². The molecule has 0 aliphatic rings. The van der Waals surface area contributed by atoms with E-state index >= 15 is 0 Å². The van der Waals surface area contributed by atoms with Crippen molar-refractivity contribution in [2.75, 3.05) is 12.3 Å². The monoisotopic (exact) mass is 332 g/mol. The van der Waals surface area contributed by atoms with Crippen LogP contribution in [0.3, 0.4) is 0 Å². The van der Waals surface area contributed by atoms with E-state index in [4.69, 9.17) is 5.11 Å². The maximum Gasteiger partial charge on any atom is 0.335 e. The smallest absolute Gasteiger partial charge is 0.335 e. The third-order valence-electron chi connectivity index (χ3n) is 2.56. The summed E-state index contributed by atoms with van der Waals surface area (Å²) in [6, 6.07) is 5.87. The first-order valence-corrected chi connectivity index (χ1v) is 8.45. The molecule has 0 saturated carbocycles. The molecule has 21 heavy (non-hydrogen) atoms. The van der Waals surface area contributed by atoms with Gasteiger partial charge in [0, 0.05) is 17.8 Å². The summed E-state index contributed by atoms with van der Waals surface area (Å²) in [4.78, 5) is 10.8. The minimum atomic E-state index is -3.98. The van der Waals surface area contributed by atoms with Gasteiger partial charge in [0.25, 0.3) is 0 Å². The van der Waals surface area contributed by atoms with Crippen molar-refractivity contribution < 1.29 is 27.1 Å². The van der Waals surface area contributed by atoms with Gasteiger partial charge in [-0.25, -0.2) is 13.2 Å². The number of carboxylic acids is 1. The molecule has 9 heteroatoms. The molecule has 0 aromatic heterocycles. The number of hydrogen-bond acceptors (Lipinski definition) is 5. The van der Waals surface area contributed by atoms with Crippen LogP contribution in [0.15, 0.2) is 36.9 Å². The first kappa shape index (κ1) is 17.5. The van der Waals surface area contributed by atoms with E-state index in [0.717, 1.165) is 6.08 Å². The molecule has 0 amide bonds. The molecular weight excluding hydrogens is 318 g/mol. The lowest BCUT2D eigenvalue weighted by Crippen LogP contribution is -2.35. The highest BCUT2D eigenvalue weighted by Crippen LogP contribution is 2.10. The van der Waals surface area contributed by atoms with Crippen LogP contribution < -0.4 is 0 Å². The summed E-state index contributed by atoms with van der Waals surface area (Å²) in [6.07, 6.45) is 1.17. The number of benzene rings is 1. The lowest BCUT2D eigenvalue weighted by atomic mass is 10.1. The van der Waals surface area contributed by atoms with Crippen molar-refractivity contribution in [1.82, 2.24) is 3.71 Å². The maximum absolute atomic E-state index is 11.7. The molecule has 0 bridgehead atoms. The zero-order valence-corrected chi connectivity index (χ0v) is 12.6. The molecule has 1 aromatic carbocycles. The van der Waals surface area contributed by atoms with E-state index in [9.17, 15) is 22.0 Å². The van der Waals surface area contributed by atoms with Crippen LogP contribution in [-0.4, -0.2) is 44.3 Å². The quantitative estimate of drug-likeness (QED) is 0.549. The van der Waals surface area contributed by atoms with Crippen LogP contribution in [0.25, 0.3) is 0 Å². The third kappa shape index (κ3) is 5.05. The summed E-state index contributed by atoms with van der Waals surface area (Å²) in [5.41, 5.74) is 0.579. The van der Waals surface area contributed by atoms with Gasteiger partial charge >= 0.3 is 5.97 Å². The van der Waals surface area contributed by atoms with Crippen molar-refractivity contribution in [2.24, 2.45) is 0 Å². The average Bonchev–Trinajstić information content (AvgIpc) is 2.38. The Labute approximate surface area is 125 Å². The number of hydrogen-bond donors (Lipinski definition) is 1. The number of carboxylic acid groups (broad SMARTS) is 1. The zero-order valence-electron chi connectivity index (χ0n) is 11.0. The number of sulfonamides is 1. The Bertz CT molecular complexity index is 655. The lowest BCUT2D eigenvalue weighted by molar-refractivity contribution is 0.0696. The van der Waals surface area contributed by atoms with Crippen molar-refractivity contribution in [2.45, 2.75) is 6.42 Å². The summed E-state index contributed by atoms with van der Waals surface area (Å²) in [5, 5.41) is 8.86. The Morgan fingerprint density at radius 2 is 2.14 bits per heavy atom. The molecule has 0 heterocycles. The van der Waals surface area contributed by atoms with Crippen LogP contribution in [0.4, 0.5) is 0 Å². The number of carbonyl (C=O) groups is 1. The number of aromatic carboxylic acids is 1. The maximum atomic E-state index is 11.7. The van der Waals surface area contributed by atoms with Crippen LogP contribution in [0.2, 0.25) is 0 Å². The van der Waals surface area contributed by atoms with E-state index in [0.29, 0.717) is 9.27 Å². The summed E-state index contributed by atoms with van der Waals surface area (Å²) in [6.45, 7) is 2.97. The van der Waals surface area contributed by atoms with Crippen LogP contribution in [0.1, 0.15) is 15.9 Å². The lowest BCUT2D eigenvalue weighted by Gasteiger charge is -2.23. The molecule has 0 fully saturated rings. The first-order valence-electron chi connectivity index (χ1n) is 5.81. The summed E-state index contributed by atoms with van der Waals surface area (Å²) in [7, 11) is -3.98. The van der Waals surface area contributed by atoms with E-state index < -0.39 is 33.0 Å². The summed E-state index contributed by atoms with van der Waals surface area (Å²) in [5.74, 6) is -1.60. The first-order chi connectivity index (χ1) is 9.77. The Balaban J connectivity index is 2.88. The minimum absolute atomic E-state index is 0.0521. The molecule has 7 nitrogen and oxygen atoms in total. The molecule has 1 rings (SSSR count). The van der Waals surface area contributed by atoms with Crippen LogP contribution >= 0.6 is 0 Å². The SMILES string of the molecule is C=CCS(=O)(=O)N(CCc1cccc(C(=O)O)c1)S(=O)[O-]. The van der Waals surface area contributed by atoms with Crippen molar-refractivity contribution in [3.8, 4) is 0 Å². The van der Waals surface area contributed by atoms with Gasteiger partial charge in [0.15, 0.2) is 0 Å². The van der Waals surface area contributed by atoms with Crippen LogP contribution in [0, 0.1) is 0 Å². The Hall–Kier alpha value is -1.55. The second-order valence-electron chi connectivity index (χ2n) is 4.07. The van der Waals surface area contributed by atoms with Crippen molar-refractivity contribution in [3.63, 3.8) is 0 Å². The molecule has 0 aliphatic carbocycles. The van der Waals surface area contributed by atoms with Gasteiger partial charge in [-0.3, -0.25) is 4.21 Å². The van der Waals surface area contributed by atoms with Crippen LogP contribution in [0.5, 0.6) is 0 Å². The standard InChI is InChI=1S/C12H15NO6S2/c1-2-8-21(18,19)13(20(16)17)7-6-10-4-3-5-11(9-10)12(14)15/h2-5,9H,1,6-8H2,(H,14,15)(H,16,17)/p-1. The number of rotatable bonds is 8. The average molecular weight is 332 g/mol. The summed E-state index contributed by atoms with van der Waals surface area (Å²) < 4.78 is 45.9. The Morgan fingerprint density at radius 1 is 1.48 bits per heavy atom. The predicted molar refractivity (Wildman–Crippen MR) is 76.7 cm³/mol. The highest BCUT2D eigenvalue weighted by atomic mass is 32.3.